The maximum absolute atomic E-state index is 12.2. The maximum Gasteiger partial charge on any atom is 0.289 e. The number of thiophene rings is 1. The summed E-state index contributed by atoms with van der Waals surface area (Å²) in [6, 6.07) is 6.03. The lowest BCUT2D eigenvalue weighted by atomic mass is 10.3. The van der Waals surface area contributed by atoms with Crippen molar-refractivity contribution in [3.05, 3.63) is 47.7 Å². The second-order valence-electron chi connectivity index (χ2n) is 5.36. The number of nitrogens with zero attached hydrogens (tertiary/aromatic N) is 4. The van der Waals surface area contributed by atoms with Crippen LogP contribution in [-0.4, -0.2) is 31.3 Å². The maximum atomic E-state index is 12.2. The second-order valence-corrected chi connectivity index (χ2v) is 9.93. The highest BCUT2D eigenvalue weighted by Gasteiger charge is 2.17. The van der Waals surface area contributed by atoms with Crippen molar-refractivity contribution in [3.8, 4) is 10.7 Å². The summed E-state index contributed by atoms with van der Waals surface area (Å²) in [5.41, 5.74) is 0.0342. The summed E-state index contributed by atoms with van der Waals surface area (Å²) in [6.45, 7) is 0. The Hall–Kier alpha value is -1.47. The normalized spacial score (nSPS) is 10.9. The Balaban J connectivity index is 1.65. The van der Waals surface area contributed by atoms with Crippen molar-refractivity contribution >= 4 is 83.8 Å². The number of benzene rings is 1. The van der Waals surface area contributed by atoms with Crippen molar-refractivity contribution < 1.29 is 9.72 Å². The van der Waals surface area contributed by atoms with Gasteiger partial charge in [-0.1, -0.05) is 23.4 Å². The number of aromatic nitrogens is 3. The Labute approximate surface area is 189 Å². The molecule has 28 heavy (non-hydrogen) atoms. The van der Waals surface area contributed by atoms with Crippen LogP contribution in [0, 0.1) is 10.1 Å². The lowest BCUT2D eigenvalue weighted by molar-refractivity contribution is -0.384. The molecule has 0 aliphatic carbocycles. The topological polar surface area (TPSA) is 103 Å². The molecule has 0 saturated heterocycles. The van der Waals surface area contributed by atoms with E-state index in [1.807, 2.05) is 13.1 Å². The van der Waals surface area contributed by atoms with E-state index < -0.39 is 4.92 Å². The molecule has 2 heterocycles. The van der Waals surface area contributed by atoms with E-state index >= 15 is 0 Å². The number of carbonyl (C=O) groups is 1. The molecule has 0 aliphatic heterocycles. The molecular formula is C15H10Br2ClN5O3S2. The molecule has 0 unspecified atom stereocenters. The van der Waals surface area contributed by atoms with E-state index in [0.717, 1.165) is 13.1 Å². The zero-order valence-corrected chi connectivity index (χ0v) is 19.5. The van der Waals surface area contributed by atoms with Gasteiger partial charge >= 0.3 is 0 Å². The van der Waals surface area contributed by atoms with E-state index in [9.17, 15) is 14.9 Å². The Morgan fingerprint density at radius 1 is 1.39 bits per heavy atom. The number of anilines is 1. The molecular weight excluding hydrogens is 558 g/mol. The van der Waals surface area contributed by atoms with Gasteiger partial charge in [0.05, 0.1) is 19.3 Å². The van der Waals surface area contributed by atoms with Gasteiger partial charge in [0.25, 0.3) is 5.69 Å². The zero-order chi connectivity index (χ0) is 20.4. The molecule has 3 aromatic rings. The SMILES string of the molecule is Cn1c(SCC(=O)Nc2ccc(Cl)c([N+](=O)[O-])c2)nnc1-c1cc(Br)c(Br)s1. The fourth-order valence-corrected chi connectivity index (χ4v) is 5.12. The fraction of sp³-hybridized carbons (Fsp3) is 0.133. The third kappa shape index (κ3) is 4.74. The molecule has 0 bridgehead atoms. The molecule has 1 aromatic carbocycles. The predicted molar refractivity (Wildman–Crippen MR) is 117 cm³/mol. The van der Waals surface area contributed by atoms with Crippen LogP contribution in [0.2, 0.25) is 5.02 Å². The van der Waals surface area contributed by atoms with Crippen molar-refractivity contribution in [1.82, 2.24) is 14.8 Å². The lowest BCUT2D eigenvalue weighted by Gasteiger charge is -2.06. The van der Waals surface area contributed by atoms with Crippen LogP contribution in [-0.2, 0) is 11.8 Å². The van der Waals surface area contributed by atoms with E-state index in [4.69, 9.17) is 11.6 Å². The summed E-state index contributed by atoms with van der Waals surface area (Å²) in [5, 5.41) is 22.4. The summed E-state index contributed by atoms with van der Waals surface area (Å²) in [5.74, 6) is 0.431. The Morgan fingerprint density at radius 2 is 2.14 bits per heavy atom. The quantitative estimate of drug-likeness (QED) is 0.244. The third-order valence-electron chi connectivity index (χ3n) is 3.46. The first kappa shape index (κ1) is 21.2. The molecule has 0 saturated carbocycles. The van der Waals surface area contributed by atoms with Crippen molar-refractivity contribution in [2.45, 2.75) is 5.16 Å². The highest BCUT2D eigenvalue weighted by molar-refractivity contribution is 9.13. The number of carbonyl (C=O) groups excluding carboxylic acids is 1. The number of nitro benzene ring substituents is 1. The van der Waals surface area contributed by atoms with Crippen LogP contribution in [0.25, 0.3) is 10.7 Å². The van der Waals surface area contributed by atoms with Gasteiger partial charge in [-0.3, -0.25) is 14.9 Å². The average molecular weight is 568 g/mol. The number of thioether (sulfide) groups is 1. The molecule has 0 spiro atoms. The molecule has 0 radical (unpaired) electrons. The van der Waals surface area contributed by atoms with Crippen LogP contribution in [0.5, 0.6) is 0 Å². The minimum Gasteiger partial charge on any atom is -0.325 e. The van der Waals surface area contributed by atoms with Crippen LogP contribution < -0.4 is 5.32 Å². The number of nitrogens with one attached hydrogen (secondary N) is 1. The van der Waals surface area contributed by atoms with Crippen molar-refractivity contribution in [2.24, 2.45) is 7.05 Å². The number of rotatable bonds is 6. The van der Waals surface area contributed by atoms with Gasteiger partial charge in [0, 0.05) is 23.3 Å². The first-order valence-corrected chi connectivity index (χ1v) is 11.2. The second kappa shape index (κ2) is 8.91. The first-order chi connectivity index (χ1) is 13.3. The number of hydrogen-bond donors (Lipinski definition) is 1. The molecule has 1 amide bonds. The van der Waals surface area contributed by atoms with Crippen molar-refractivity contribution in [1.29, 1.82) is 0 Å². The first-order valence-electron chi connectivity index (χ1n) is 7.47. The van der Waals surface area contributed by atoms with E-state index in [0.29, 0.717) is 16.7 Å². The van der Waals surface area contributed by atoms with Crippen LogP contribution in [0.3, 0.4) is 0 Å². The minimum atomic E-state index is -0.602. The number of hydrogen-bond acceptors (Lipinski definition) is 7. The van der Waals surface area contributed by atoms with Crippen molar-refractivity contribution in [2.75, 3.05) is 11.1 Å². The van der Waals surface area contributed by atoms with E-state index in [1.165, 1.54) is 41.3 Å². The summed E-state index contributed by atoms with van der Waals surface area (Å²) >= 11 is 15.4. The minimum absolute atomic E-state index is 0.0100. The van der Waals surface area contributed by atoms with Crippen LogP contribution >= 0.6 is 66.6 Å². The molecule has 0 fully saturated rings. The summed E-state index contributed by atoms with van der Waals surface area (Å²) < 4.78 is 3.69. The molecule has 2 aromatic heterocycles. The standard InChI is InChI=1S/C15H10Br2ClN5O3S2/c1-22-14(11-5-8(16)13(17)28-11)20-21-15(22)27-6-12(24)19-7-2-3-9(18)10(4-7)23(25)26/h2-5H,6H2,1H3,(H,19,24). The highest BCUT2D eigenvalue weighted by atomic mass is 79.9. The van der Waals surface area contributed by atoms with E-state index in [1.54, 1.807) is 4.57 Å². The van der Waals surface area contributed by atoms with Gasteiger partial charge in [0.2, 0.25) is 5.91 Å². The number of nitro groups is 1. The van der Waals surface area contributed by atoms with Gasteiger partial charge in [-0.05, 0) is 50.1 Å². The van der Waals surface area contributed by atoms with Crippen LogP contribution in [0.1, 0.15) is 0 Å². The molecule has 0 aliphatic rings. The zero-order valence-electron chi connectivity index (χ0n) is 14.0. The van der Waals surface area contributed by atoms with Crippen molar-refractivity contribution in [3.63, 3.8) is 0 Å². The Bertz CT molecular complexity index is 1050. The molecule has 13 heteroatoms. The smallest absolute Gasteiger partial charge is 0.289 e. The molecule has 8 nitrogen and oxygen atoms in total. The van der Waals surface area contributed by atoms with Gasteiger partial charge in [-0.15, -0.1) is 21.5 Å². The van der Waals surface area contributed by atoms with Gasteiger partial charge in [-0.25, -0.2) is 0 Å². The van der Waals surface area contributed by atoms with Gasteiger partial charge in [0.1, 0.15) is 5.02 Å². The third-order valence-corrected chi connectivity index (χ3v) is 8.05. The monoisotopic (exact) mass is 565 g/mol. The molecule has 1 N–H and O–H groups in total. The van der Waals surface area contributed by atoms with Gasteiger partial charge < -0.3 is 9.88 Å². The van der Waals surface area contributed by atoms with Crippen LogP contribution in [0.15, 0.2) is 37.7 Å². The Kier molecular flexibility index (Phi) is 6.76. The largest absolute Gasteiger partial charge is 0.325 e. The molecule has 3 rings (SSSR count). The van der Waals surface area contributed by atoms with Gasteiger partial charge in [0.15, 0.2) is 11.0 Å². The summed E-state index contributed by atoms with van der Waals surface area (Å²) in [4.78, 5) is 23.4. The van der Waals surface area contributed by atoms with E-state index in [2.05, 4.69) is 47.4 Å². The highest BCUT2D eigenvalue weighted by Crippen LogP contribution is 2.38. The predicted octanol–water partition coefficient (Wildman–Crippen LogP) is 5.36. The Morgan fingerprint density at radius 3 is 2.79 bits per heavy atom. The van der Waals surface area contributed by atoms with Crippen LogP contribution in [0.4, 0.5) is 11.4 Å². The fourth-order valence-electron chi connectivity index (χ4n) is 2.17. The average Bonchev–Trinajstić information content (AvgIpc) is 3.16. The van der Waals surface area contributed by atoms with E-state index in [-0.39, 0.29) is 22.4 Å². The van der Waals surface area contributed by atoms with Gasteiger partial charge in [-0.2, -0.15) is 0 Å². The molecule has 146 valence electrons. The number of halogens is 3. The lowest BCUT2D eigenvalue weighted by Crippen LogP contribution is -2.14. The molecule has 0 atom stereocenters. The summed E-state index contributed by atoms with van der Waals surface area (Å²) in [7, 11) is 1.82. The summed E-state index contributed by atoms with van der Waals surface area (Å²) in [6.07, 6.45) is 0. The number of amides is 1.